The summed E-state index contributed by atoms with van der Waals surface area (Å²) in [6.07, 6.45) is 11.8. The Morgan fingerprint density at radius 2 is 2.39 bits per heavy atom. The van der Waals surface area contributed by atoms with Crippen LogP contribution in [0.1, 0.15) is 5.69 Å². The van der Waals surface area contributed by atoms with Crippen molar-refractivity contribution in [2.75, 3.05) is 18.4 Å². The summed E-state index contributed by atoms with van der Waals surface area (Å²) < 4.78 is 2.03. The fourth-order valence-electron chi connectivity index (χ4n) is 1.97. The van der Waals surface area contributed by atoms with Crippen LogP contribution in [0, 0.1) is 6.92 Å². The van der Waals surface area contributed by atoms with Crippen LogP contribution < -0.4 is 10.6 Å². The average molecular weight is 241 g/mol. The summed E-state index contributed by atoms with van der Waals surface area (Å²) in [5.41, 5.74) is 3.12. The highest BCUT2D eigenvalue weighted by Gasteiger charge is 2.06. The Kier molecular flexibility index (Phi) is 2.72. The zero-order valence-electron chi connectivity index (χ0n) is 10.2. The third kappa shape index (κ3) is 1.95. The van der Waals surface area contributed by atoms with E-state index in [4.69, 9.17) is 0 Å². The van der Waals surface area contributed by atoms with Crippen molar-refractivity contribution in [3.05, 3.63) is 48.2 Å². The molecule has 0 aromatic carbocycles. The number of fused-ring (bicyclic) bond motifs is 1. The van der Waals surface area contributed by atoms with Crippen LogP contribution in [-0.4, -0.2) is 27.5 Å². The van der Waals surface area contributed by atoms with Gasteiger partial charge in [0.2, 0.25) is 0 Å². The maximum atomic E-state index is 4.37. The molecule has 0 unspecified atom stereocenters. The first-order valence-corrected chi connectivity index (χ1v) is 5.97. The number of allylic oxidation sites excluding steroid dienone is 2. The smallest absolute Gasteiger partial charge is 0.180 e. The molecule has 5 heteroatoms. The lowest BCUT2D eigenvalue weighted by atomic mass is 10.3. The predicted molar refractivity (Wildman–Crippen MR) is 71.4 cm³/mol. The van der Waals surface area contributed by atoms with Gasteiger partial charge >= 0.3 is 0 Å². The van der Waals surface area contributed by atoms with E-state index in [9.17, 15) is 0 Å². The highest BCUT2D eigenvalue weighted by atomic mass is 15.1. The van der Waals surface area contributed by atoms with Crippen molar-refractivity contribution in [3.63, 3.8) is 0 Å². The van der Waals surface area contributed by atoms with Crippen LogP contribution in [0.15, 0.2) is 42.5 Å². The van der Waals surface area contributed by atoms with Crippen molar-refractivity contribution in [3.8, 4) is 0 Å². The lowest BCUT2D eigenvalue weighted by Gasteiger charge is -2.13. The molecule has 3 rings (SSSR count). The molecule has 0 fully saturated rings. The van der Waals surface area contributed by atoms with E-state index in [0.717, 1.165) is 35.9 Å². The van der Waals surface area contributed by atoms with Crippen LogP contribution in [0.25, 0.3) is 5.65 Å². The molecule has 2 N–H and O–H groups in total. The monoisotopic (exact) mass is 241 g/mol. The molecule has 1 aliphatic rings. The Hall–Kier alpha value is -2.30. The summed E-state index contributed by atoms with van der Waals surface area (Å²) in [6, 6.07) is 0. The van der Waals surface area contributed by atoms with Gasteiger partial charge in [0.15, 0.2) is 11.5 Å². The van der Waals surface area contributed by atoms with E-state index >= 15 is 0 Å². The largest absolute Gasteiger partial charge is 0.383 e. The summed E-state index contributed by atoms with van der Waals surface area (Å²) in [5.74, 6) is 0.808. The minimum absolute atomic E-state index is 0.725. The minimum Gasteiger partial charge on any atom is -0.383 e. The normalized spacial score (nSPS) is 14.4. The molecule has 0 bridgehead atoms. The SMILES string of the molecule is Cc1cnc2c(NCC3=CC=CCN3)nccn12. The number of hydrogen-bond acceptors (Lipinski definition) is 4. The van der Waals surface area contributed by atoms with Crippen LogP contribution in [0.2, 0.25) is 0 Å². The average Bonchev–Trinajstić information content (AvgIpc) is 2.80. The Labute approximate surface area is 105 Å². The second-order valence-corrected chi connectivity index (χ2v) is 4.22. The van der Waals surface area contributed by atoms with Gasteiger partial charge in [-0.15, -0.1) is 0 Å². The van der Waals surface area contributed by atoms with E-state index in [-0.39, 0.29) is 0 Å². The number of rotatable bonds is 3. The zero-order chi connectivity index (χ0) is 12.4. The van der Waals surface area contributed by atoms with E-state index in [1.54, 1.807) is 6.20 Å². The van der Waals surface area contributed by atoms with Crippen molar-refractivity contribution in [1.29, 1.82) is 0 Å². The molecule has 2 aromatic rings. The van der Waals surface area contributed by atoms with Gasteiger partial charge in [0.05, 0.1) is 6.54 Å². The second-order valence-electron chi connectivity index (χ2n) is 4.22. The Morgan fingerprint density at radius 1 is 1.44 bits per heavy atom. The van der Waals surface area contributed by atoms with Crippen LogP contribution in [0.3, 0.4) is 0 Å². The van der Waals surface area contributed by atoms with E-state index in [1.807, 2.05) is 23.7 Å². The third-order valence-corrected chi connectivity index (χ3v) is 2.94. The van der Waals surface area contributed by atoms with Gasteiger partial charge in [-0.05, 0) is 13.0 Å². The number of imidazole rings is 1. The molecule has 1 aliphatic heterocycles. The molecule has 92 valence electrons. The quantitative estimate of drug-likeness (QED) is 0.855. The molecule has 5 nitrogen and oxygen atoms in total. The predicted octanol–water partition coefficient (Wildman–Crippen LogP) is 1.49. The number of hydrogen-bond donors (Lipinski definition) is 2. The van der Waals surface area contributed by atoms with Gasteiger partial charge in [-0.2, -0.15) is 0 Å². The first kappa shape index (κ1) is 10.8. The highest BCUT2D eigenvalue weighted by Crippen LogP contribution is 2.13. The number of nitrogens with one attached hydrogen (secondary N) is 2. The van der Waals surface area contributed by atoms with Gasteiger partial charge in [0.1, 0.15) is 0 Å². The molecule has 0 aliphatic carbocycles. The first-order chi connectivity index (χ1) is 8.84. The van der Waals surface area contributed by atoms with Crippen molar-refractivity contribution < 1.29 is 0 Å². The van der Waals surface area contributed by atoms with E-state index < -0.39 is 0 Å². The molecular weight excluding hydrogens is 226 g/mol. The summed E-state index contributed by atoms with van der Waals surface area (Å²) in [4.78, 5) is 8.70. The van der Waals surface area contributed by atoms with Crippen molar-refractivity contribution in [2.45, 2.75) is 6.92 Å². The molecule has 18 heavy (non-hydrogen) atoms. The Balaban J connectivity index is 1.82. The maximum Gasteiger partial charge on any atom is 0.180 e. The van der Waals surface area contributed by atoms with E-state index in [2.05, 4.69) is 38.8 Å². The number of nitrogens with zero attached hydrogens (tertiary/aromatic N) is 3. The standard InChI is InChI=1S/C13H15N5/c1-10-8-17-13-12(15-6-7-18(10)13)16-9-11-4-2-3-5-14-11/h2-4,6-8,14H,5,9H2,1H3,(H,15,16). The van der Waals surface area contributed by atoms with Gasteiger partial charge < -0.3 is 10.6 Å². The van der Waals surface area contributed by atoms with Crippen LogP contribution >= 0.6 is 0 Å². The number of anilines is 1. The lowest BCUT2D eigenvalue weighted by molar-refractivity contribution is 0.864. The van der Waals surface area contributed by atoms with E-state index in [1.165, 1.54) is 0 Å². The lowest BCUT2D eigenvalue weighted by Crippen LogP contribution is -2.22. The number of dihydropyridines is 1. The molecule has 0 radical (unpaired) electrons. The maximum absolute atomic E-state index is 4.37. The van der Waals surface area contributed by atoms with Crippen LogP contribution in [-0.2, 0) is 0 Å². The van der Waals surface area contributed by atoms with Gasteiger partial charge in [0, 0.05) is 36.5 Å². The fraction of sp³-hybridized carbons (Fsp3) is 0.231. The minimum atomic E-state index is 0.725. The number of aromatic nitrogens is 3. The van der Waals surface area contributed by atoms with E-state index in [0.29, 0.717) is 0 Å². The van der Waals surface area contributed by atoms with Gasteiger partial charge in [-0.25, -0.2) is 9.97 Å². The molecule has 3 heterocycles. The van der Waals surface area contributed by atoms with Crippen LogP contribution in [0.4, 0.5) is 5.82 Å². The summed E-state index contributed by atoms with van der Waals surface area (Å²) in [7, 11) is 0. The number of aryl methyl sites for hydroxylation is 1. The highest BCUT2D eigenvalue weighted by molar-refractivity contribution is 5.63. The first-order valence-electron chi connectivity index (χ1n) is 5.97. The zero-order valence-corrected chi connectivity index (χ0v) is 10.2. The molecule has 0 saturated heterocycles. The van der Waals surface area contributed by atoms with Crippen molar-refractivity contribution in [1.82, 2.24) is 19.7 Å². The topological polar surface area (TPSA) is 54.2 Å². The van der Waals surface area contributed by atoms with Crippen molar-refractivity contribution >= 4 is 11.5 Å². The molecule has 0 amide bonds. The third-order valence-electron chi connectivity index (χ3n) is 2.94. The Bertz CT molecular complexity index is 623. The summed E-state index contributed by atoms with van der Waals surface area (Å²) in [6.45, 7) is 3.64. The fourth-order valence-corrected chi connectivity index (χ4v) is 1.97. The van der Waals surface area contributed by atoms with Crippen LogP contribution in [0.5, 0.6) is 0 Å². The van der Waals surface area contributed by atoms with Gasteiger partial charge in [0.25, 0.3) is 0 Å². The van der Waals surface area contributed by atoms with Gasteiger partial charge in [-0.3, -0.25) is 4.40 Å². The Morgan fingerprint density at radius 3 is 3.22 bits per heavy atom. The summed E-state index contributed by atoms with van der Waals surface area (Å²) in [5, 5.41) is 6.61. The molecule has 0 saturated carbocycles. The second kappa shape index (κ2) is 4.52. The molecule has 2 aromatic heterocycles. The van der Waals surface area contributed by atoms with Gasteiger partial charge in [-0.1, -0.05) is 12.2 Å². The molecular formula is C13H15N5. The molecule has 0 atom stereocenters. The molecule has 0 spiro atoms. The summed E-state index contributed by atoms with van der Waals surface area (Å²) >= 11 is 0. The van der Waals surface area contributed by atoms with Crippen molar-refractivity contribution in [2.24, 2.45) is 0 Å².